The Labute approximate surface area is 121 Å². The van der Waals surface area contributed by atoms with Crippen molar-refractivity contribution in [2.75, 3.05) is 23.5 Å². The Balaban J connectivity index is 2.84. The number of sulfone groups is 1. The van der Waals surface area contributed by atoms with Crippen molar-refractivity contribution < 1.29 is 8.42 Å². The van der Waals surface area contributed by atoms with Crippen LogP contribution in [0.3, 0.4) is 0 Å². The molecule has 0 aliphatic carbocycles. The Bertz CT molecular complexity index is 488. The molecular weight excluding hydrogens is 282 g/mol. The van der Waals surface area contributed by atoms with Gasteiger partial charge >= 0.3 is 0 Å². The molecule has 0 heterocycles. The van der Waals surface area contributed by atoms with Crippen LogP contribution in [0.15, 0.2) is 29.2 Å². The van der Waals surface area contributed by atoms with Gasteiger partial charge < -0.3 is 5.32 Å². The second kappa shape index (κ2) is 7.75. The summed E-state index contributed by atoms with van der Waals surface area (Å²) in [5.74, 6) is 1.22. The fraction of sp³-hybridized carbons (Fsp3) is 0.571. The van der Waals surface area contributed by atoms with Gasteiger partial charge in [0.05, 0.1) is 16.3 Å². The number of nitrogens with one attached hydrogen (secondary N) is 1. The zero-order valence-corrected chi connectivity index (χ0v) is 13.1. The normalized spacial score (nSPS) is 13.2. The van der Waals surface area contributed by atoms with Crippen LogP contribution < -0.4 is 5.32 Å². The number of rotatable bonds is 8. The predicted octanol–water partition coefficient (Wildman–Crippen LogP) is 3.55. The molecule has 0 fully saturated rings. The number of benzene rings is 1. The molecule has 1 atom stereocenters. The fourth-order valence-electron chi connectivity index (χ4n) is 1.90. The molecule has 0 aromatic heterocycles. The highest BCUT2D eigenvalue weighted by atomic mass is 35.5. The Morgan fingerprint density at radius 1 is 1.26 bits per heavy atom. The Kier molecular flexibility index (Phi) is 6.66. The van der Waals surface area contributed by atoms with E-state index in [0.29, 0.717) is 22.4 Å². The molecule has 3 nitrogen and oxygen atoms in total. The maximum absolute atomic E-state index is 12.0. The zero-order chi connectivity index (χ0) is 14.3. The van der Waals surface area contributed by atoms with Crippen molar-refractivity contribution in [1.29, 1.82) is 0 Å². The van der Waals surface area contributed by atoms with Crippen LogP contribution >= 0.6 is 11.6 Å². The average molecular weight is 304 g/mol. The summed E-state index contributed by atoms with van der Waals surface area (Å²) in [5.41, 5.74) is 0.692. The molecule has 1 unspecified atom stereocenters. The van der Waals surface area contributed by atoms with Crippen molar-refractivity contribution in [1.82, 2.24) is 0 Å². The van der Waals surface area contributed by atoms with Crippen molar-refractivity contribution in [3.63, 3.8) is 0 Å². The number of anilines is 1. The van der Waals surface area contributed by atoms with E-state index < -0.39 is 9.84 Å². The highest BCUT2D eigenvalue weighted by Crippen LogP contribution is 2.23. The van der Waals surface area contributed by atoms with E-state index in [9.17, 15) is 8.42 Å². The largest absolute Gasteiger partial charge is 0.384 e. The summed E-state index contributed by atoms with van der Waals surface area (Å²) in [4.78, 5) is 0.387. The molecule has 108 valence electrons. The van der Waals surface area contributed by atoms with Crippen LogP contribution in [-0.2, 0) is 9.84 Å². The van der Waals surface area contributed by atoms with Gasteiger partial charge in [0.1, 0.15) is 0 Å². The standard InChI is InChI=1S/C14H22ClNO2S/c1-3-12(9-10-15)11-16-13-7-5-6-8-14(13)19(17,18)4-2/h5-8,12,16H,3-4,9-11H2,1-2H3. The Hall–Kier alpha value is -0.740. The molecule has 0 amide bonds. The summed E-state index contributed by atoms with van der Waals surface area (Å²) in [7, 11) is -3.18. The first-order valence-corrected chi connectivity index (χ1v) is 8.85. The number of hydrogen-bond acceptors (Lipinski definition) is 3. The molecule has 0 saturated carbocycles. The molecule has 0 bridgehead atoms. The SMILES string of the molecule is CCC(CCCl)CNc1ccccc1S(=O)(=O)CC. The predicted molar refractivity (Wildman–Crippen MR) is 81.8 cm³/mol. The van der Waals surface area contributed by atoms with Crippen molar-refractivity contribution in [2.45, 2.75) is 31.6 Å². The van der Waals surface area contributed by atoms with Crippen LogP contribution in [0.4, 0.5) is 5.69 Å². The number of para-hydroxylation sites is 1. The number of alkyl halides is 1. The van der Waals surface area contributed by atoms with E-state index in [0.717, 1.165) is 19.4 Å². The van der Waals surface area contributed by atoms with E-state index in [-0.39, 0.29) is 5.75 Å². The molecule has 0 saturated heterocycles. The van der Waals surface area contributed by atoms with Crippen molar-refractivity contribution in [3.05, 3.63) is 24.3 Å². The third kappa shape index (κ3) is 4.69. The first kappa shape index (κ1) is 16.3. The second-order valence-corrected chi connectivity index (χ2v) is 7.16. The molecule has 1 aromatic rings. The highest BCUT2D eigenvalue weighted by molar-refractivity contribution is 7.91. The van der Waals surface area contributed by atoms with Crippen LogP contribution in [0.2, 0.25) is 0 Å². The molecule has 19 heavy (non-hydrogen) atoms. The van der Waals surface area contributed by atoms with Crippen LogP contribution in [-0.4, -0.2) is 26.6 Å². The Morgan fingerprint density at radius 2 is 1.95 bits per heavy atom. The van der Waals surface area contributed by atoms with Crippen LogP contribution in [0.25, 0.3) is 0 Å². The second-order valence-electron chi connectivity index (χ2n) is 4.53. The first-order chi connectivity index (χ1) is 9.05. The number of hydrogen-bond donors (Lipinski definition) is 1. The quantitative estimate of drug-likeness (QED) is 0.747. The molecular formula is C14H22ClNO2S. The van der Waals surface area contributed by atoms with Crippen LogP contribution in [0, 0.1) is 5.92 Å². The molecule has 1 N–H and O–H groups in total. The van der Waals surface area contributed by atoms with E-state index in [1.807, 2.05) is 12.1 Å². The lowest BCUT2D eigenvalue weighted by Gasteiger charge is -2.17. The van der Waals surface area contributed by atoms with E-state index >= 15 is 0 Å². The first-order valence-electron chi connectivity index (χ1n) is 6.66. The summed E-state index contributed by atoms with van der Waals surface area (Å²) in [5, 5.41) is 3.25. The summed E-state index contributed by atoms with van der Waals surface area (Å²) in [6.45, 7) is 4.53. The maximum atomic E-state index is 12.0. The van der Waals surface area contributed by atoms with E-state index in [1.54, 1.807) is 19.1 Å². The monoisotopic (exact) mass is 303 g/mol. The lowest BCUT2D eigenvalue weighted by atomic mass is 10.0. The lowest BCUT2D eigenvalue weighted by Crippen LogP contribution is -2.16. The third-order valence-electron chi connectivity index (χ3n) is 3.28. The minimum atomic E-state index is -3.18. The van der Waals surface area contributed by atoms with Crippen molar-refractivity contribution in [3.8, 4) is 0 Å². The summed E-state index contributed by atoms with van der Waals surface area (Å²) < 4.78 is 24.0. The minimum absolute atomic E-state index is 0.116. The van der Waals surface area contributed by atoms with Gasteiger partial charge in [-0.15, -0.1) is 11.6 Å². The van der Waals surface area contributed by atoms with Crippen LogP contribution in [0.1, 0.15) is 26.7 Å². The highest BCUT2D eigenvalue weighted by Gasteiger charge is 2.16. The summed E-state index contributed by atoms with van der Waals surface area (Å²) in [6.07, 6.45) is 1.97. The van der Waals surface area contributed by atoms with E-state index in [2.05, 4.69) is 12.2 Å². The topological polar surface area (TPSA) is 46.2 Å². The van der Waals surface area contributed by atoms with Gasteiger partial charge in [0.2, 0.25) is 0 Å². The van der Waals surface area contributed by atoms with Gasteiger partial charge in [-0.2, -0.15) is 0 Å². The molecule has 1 aromatic carbocycles. The molecule has 0 aliphatic heterocycles. The molecule has 0 aliphatic rings. The van der Waals surface area contributed by atoms with E-state index in [4.69, 9.17) is 11.6 Å². The summed E-state index contributed by atoms with van der Waals surface area (Å²) in [6, 6.07) is 7.07. The average Bonchev–Trinajstić information content (AvgIpc) is 2.43. The van der Waals surface area contributed by atoms with E-state index in [1.165, 1.54) is 0 Å². The van der Waals surface area contributed by atoms with Crippen LogP contribution in [0.5, 0.6) is 0 Å². The number of halogens is 1. The maximum Gasteiger partial charge on any atom is 0.180 e. The minimum Gasteiger partial charge on any atom is -0.384 e. The van der Waals surface area contributed by atoms with Gasteiger partial charge in [0.25, 0.3) is 0 Å². The fourth-order valence-corrected chi connectivity index (χ4v) is 3.28. The third-order valence-corrected chi connectivity index (χ3v) is 5.28. The molecule has 0 spiro atoms. The van der Waals surface area contributed by atoms with Crippen molar-refractivity contribution >= 4 is 27.1 Å². The van der Waals surface area contributed by atoms with Crippen molar-refractivity contribution in [2.24, 2.45) is 5.92 Å². The lowest BCUT2D eigenvalue weighted by molar-refractivity contribution is 0.521. The smallest absolute Gasteiger partial charge is 0.180 e. The zero-order valence-electron chi connectivity index (χ0n) is 11.5. The Morgan fingerprint density at radius 3 is 2.53 bits per heavy atom. The summed E-state index contributed by atoms with van der Waals surface area (Å²) >= 11 is 5.76. The van der Waals surface area contributed by atoms with Gasteiger partial charge in [-0.05, 0) is 24.5 Å². The van der Waals surface area contributed by atoms with Gasteiger partial charge in [0.15, 0.2) is 9.84 Å². The molecule has 1 rings (SSSR count). The van der Waals surface area contributed by atoms with Gasteiger partial charge in [0, 0.05) is 12.4 Å². The molecule has 5 heteroatoms. The van der Waals surface area contributed by atoms with Gasteiger partial charge in [-0.3, -0.25) is 0 Å². The van der Waals surface area contributed by atoms with Gasteiger partial charge in [-0.1, -0.05) is 32.4 Å². The molecule has 0 radical (unpaired) electrons. The van der Waals surface area contributed by atoms with Gasteiger partial charge in [-0.25, -0.2) is 8.42 Å².